The topological polar surface area (TPSA) is 75.4 Å². The Kier molecular flexibility index (Phi) is 2.94. The molecule has 0 spiro atoms. The fourth-order valence-electron chi connectivity index (χ4n) is 2.32. The van der Waals surface area contributed by atoms with Crippen LogP contribution in [0.15, 0.2) is 65.1 Å². The van der Waals surface area contributed by atoms with E-state index in [1.54, 1.807) is 12.1 Å². The summed E-state index contributed by atoms with van der Waals surface area (Å²) in [5, 5.41) is 0.953. The third kappa shape index (κ3) is 2.36. The Morgan fingerprint density at radius 2 is 1.61 bits per heavy atom. The van der Waals surface area contributed by atoms with E-state index in [1.165, 1.54) is 12.2 Å². The van der Waals surface area contributed by atoms with Crippen LogP contribution in [0.5, 0.6) is 0 Å². The van der Waals surface area contributed by atoms with Crippen molar-refractivity contribution in [1.82, 2.24) is 9.99 Å². The highest BCUT2D eigenvalue weighted by atomic mass is 16.3. The van der Waals surface area contributed by atoms with Gasteiger partial charge < -0.3 is 4.42 Å². The van der Waals surface area contributed by atoms with E-state index in [2.05, 4.69) is 10.4 Å². The van der Waals surface area contributed by atoms with Gasteiger partial charge in [0.25, 0.3) is 11.8 Å². The number of carbonyl (C=O) groups excluding carboxylic acids is 2. The minimum atomic E-state index is -0.391. The van der Waals surface area contributed by atoms with Crippen molar-refractivity contribution in [3.63, 3.8) is 0 Å². The predicted molar refractivity (Wildman–Crippen MR) is 84.1 cm³/mol. The number of anilines is 1. The number of nitrogens with zero attached hydrogens (tertiary/aromatic N) is 2. The lowest BCUT2D eigenvalue weighted by Gasteiger charge is -2.16. The maximum absolute atomic E-state index is 11.5. The first kappa shape index (κ1) is 13.3. The first-order chi connectivity index (χ1) is 11.2. The third-order valence-electron chi connectivity index (χ3n) is 3.48. The third-order valence-corrected chi connectivity index (χ3v) is 3.48. The van der Waals surface area contributed by atoms with Gasteiger partial charge in [-0.25, -0.2) is 4.98 Å². The molecule has 6 nitrogen and oxygen atoms in total. The van der Waals surface area contributed by atoms with Crippen LogP contribution < -0.4 is 5.43 Å². The zero-order valence-electron chi connectivity index (χ0n) is 11.9. The Morgan fingerprint density at radius 1 is 0.913 bits per heavy atom. The van der Waals surface area contributed by atoms with Gasteiger partial charge >= 0.3 is 0 Å². The van der Waals surface area contributed by atoms with Crippen molar-refractivity contribution in [1.29, 1.82) is 0 Å². The molecule has 2 heterocycles. The van der Waals surface area contributed by atoms with E-state index in [9.17, 15) is 9.59 Å². The summed E-state index contributed by atoms with van der Waals surface area (Å²) in [6.45, 7) is 0. The second-order valence-corrected chi connectivity index (χ2v) is 5.02. The number of hydrogen-bond donors (Lipinski definition) is 1. The first-order valence-electron chi connectivity index (χ1n) is 6.99. The number of benzene rings is 2. The summed E-state index contributed by atoms with van der Waals surface area (Å²) < 4.78 is 5.70. The van der Waals surface area contributed by atoms with Crippen LogP contribution in [0.25, 0.3) is 22.6 Å². The molecule has 0 fully saturated rings. The fraction of sp³-hybridized carbons (Fsp3) is 0. The molecule has 0 atom stereocenters. The average molecular weight is 305 g/mol. The molecule has 1 N–H and O–H groups in total. The van der Waals surface area contributed by atoms with E-state index >= 15 is 0 Å². The van der Waals surface area contributed by atoms with Crippen molar-refractivity contribution in [2.75, 3.05) is 5.43 Å². The number of hydrazine groups is 1. The monoisotopic (exact) mass is 305 g/mol. The number of rotatable bonds is 3. The Hall–Kier alpha value is -3.41. The van der Waals surface area contributed by atoms with Crippen LogP contribution in [0.3, 0.4) is 0 Å². The van der Waals surface area contributed by atoms with Crippen LogP contribution in [-0.2, 0) is 9.59 Å². The van der Waals surface area contributed by atoms with Crippen molar-refractivity contribution in [3.8, 4) is 11.5 Å². The number of imide groups is 1. The van der Waals surface area contributed by atoms with E-state index in [0.29, 0.717) is 11.6 Å². The van der Waals surface area contributed by atoms with Gasteiger partial charge in [-0.3, -0.25) is 15.0 Å². The van der Waals surface area contributed by atoms with E-state index < -0.39 is 11.8 Å². The molecule has 1 aliphatic rings. The maximum Gasteiger partial charge on any atom is 0.272 e. The van der Waals surface area contributed by atoms with Crippen molar-refractivity contribution < 1.29 is 14.0 Å². The van der Waals surface area contributed by atoms with Crippen molar-refractivity contribution in [2.24, 2.45) is 0 Å². The van der Waals surface area contributed by atoms with Crippen molar-refractivity contribution in [3.05, 3.63) is 60.7 Å². The summed E-state index contributed by atoms with van der Waals surface area (Å²) in [7, 11) is 0. The largest absolute Gasteiger partial charge is 0.436 e. The predicted octanol–water partition coefficient (Wildman–Crippen LogP) is 2.75. The molecule has 0 aliphatic carbocycles. The van der Waals surface area contributed by atoms with Gasteiger partial charge in [-0.05, 0) is 36.4 Å². The molecule has 0 radical (unpaired) electrons. The fourth-order valence-corrected chi connectivity index (χ4v) is 2.32. The van der Waals surface area contributed by atoms with Gasteiger partial charge in [-0.2, -0.15) is 5.01 Å². The summed E-state index contributed by atoms with van der Waals surface area (Å²) in [6, 6.07) is 14.7. The molecular formula is C17H11N3O3. The average Bonchev–Trinajstić information content (AvgIpc) is 3.14. The van der Waals surface area contributed by atoms with Crippen LogP contribution in [-0.4, -0.2) is 21.8 Å². The number of nitrogens with one attached hydrogen (secondary N) is 1. The highest BCUT2D eigenvalue weighted by Gasteiger charge is 2.23. The smallest absolute Gasteiger partial charge is 0.272 e. The molecule has 112 valence electrons. The Labute approximate surface area is 131 Å². The highest BCUT2D eigenvalue weighted by Crippen LogP contribution is 2.25. The number of amides is 2. The quantitative estimate of drug-likeness (QED) is 0.753. The van der Waals surface area contributed by atoms with Gasteiger partial charge in [0.1, 0.15) is 5.52 Å². The molecule has 4 rings (SSSR count). The molecule has 1 aromatic heterocycles. The number of hydrogen-bond acceptors (Lipinski definition) is 5. The lowest BCUT2D eigenvalue weighted by atomic mass is 10.2. The minimum absolute atomic E-state index is 0.391. The van der Waals surface area contributed by atoms with Crippen LogP contribution >= 0.6 is 0 Å². The molecule has 0 unspecified atom stereocenters. The molecule has 3 aromatic rings. The normalized spacial score (nSPS) is 14.0. The molecule has 0 saturated carbocycles. The molecule has 2 amide bonds. The zero-order valence-corrected chi connectivity index (χ0v) is 11.9. The second-order valence-electron chi connectivity index (χ2n) is 5.02. The van der Waals surface area contributed by atoms with Gasteiger partial charge in [0.2, 0.25) is 5.89 Å². The number of para-hydroxylation sites is 2. The van der Waals surface area contributed by atoms with Gasteiger partial charge in [-0.15, -0.1) is 0 Å². The van der Waals surface area contributed by atoms with Crippen molar-refractivity contribution in [2.45, 2.75) is 0 Å². The minimum Gasteiger partial charge on any atom is -0.436 e. The summed E-state index contributed by atoms with van der Waals surface area (Å²) >= 11 is 0. The SMILES string of the molecule is O=C1C=CC(=O)N1Nc1ccc(-c2nc3ccccc3o2)cc1. The summed E-state index contributed by atoms with van der Waals surface area (Å²) in [6.07, 6.45) is 2.45. The van der Waals surface area contributed by atoms with Crippen LogP contribution in [0.4, 0.5) is 5.69 Å². The summed E-state index contributed by atoms with van der Waals surface area (Å²) in [5.74, 6) is -0.260. The molecule has 0 bridgehead atoms. The summed E-state index contributed by atoms with van der Waals surface area (Å²) in [5.41, 5.74) is 5.72. The number of fused-ring (bicyclic) bond motifs is 1. The van der Waals surface area contributed by atoms with Gasteiger partial charge in [-0.1, -0.05) is 12.1 Å². The van der Waals surface area contributed by atoms with Gasteiger partial charge in [0.05, 0.1) is 5.69 Å². The molecule has 6 heteroatoms. The summed E-state index contributed by atoms with van der Waals surface area (Å²) in [4.78, 5) is 27.4. The van der Waals surface area contributed by atoms with E-state index in [-0.39, 0.29) is 0 Å². The van der Waals surface area contributed by atoms with Crippen LogP contribution in [0.2, 0.25) is 0 Å². The van der Waals surface area contributed by atoms with E-state index in [4.69, 9.17) is 4.42 Å². The lowest BCUT2D eigenvalue weighted by molar-refractivity contribution is -0.135. The van der Waals surface area contributed by atoms with Crippen LogP contribution in [0, 0.1) is 0 Å². The Balaban J connectivity index is 1.58. The number of oxazole rings is 1. The number of carbonyl (C=O) groups is 2. The number of aromatic nitrogens is 1. The van der Waals surface area contributed by atoms with E-state index in [0.717, 1.165) is 21.7 Å². The molecule has 0 saturated heterocycles. The Morgan fingerprint density at radius 3 is 2.30 bits per heavy atom. The van der Waals surface area contributed by atoms with Crippen LogP contribution in [0.1, 0.15) is 0 Å². The van der Waals surface area contributed by atoms with Gasteiger partial charge in [0.15, 0.2) is 5.58 Å². The van der Waals surface area contributed by atoms with Gasteiger partial charge in [0, 0.05) is 17.7 Å². The second kappa shape index (κ2) is 5.10. The molecule has 1 aliphatic heterocycles. The maximum atomic E-state index is 11.5. The zero-order chi connectivity index (χ0) is 15.8. The molecule has 2 aromatic carbocycles. The first-order valence-corrected chi connectivity index (χ1v) is 6.99. The van der Waals surface area contributed by atoms with E-state index in [1.807, 2.05) is 36.4 Å². The standard InChI is InChI=1S/C17H11N3O3/c21-15-9-10-16(22)20(15)19-12-7-5-11(6-8-12)17-18-13-3-1-2-4-14(13)23-17/h1-10,19H. The lowest BCUT2D eigenvalue weighted by Crippen LogP contribution is -2.35. The molecule has 23 heavy (non-hydrogen) atoms. The Bertz CT molecular complexity index is 890. The molecular weight excluding hydrogens is 294 g/mol. The highest BCUT2D eigenvalue weighted by molar-refractivity contribution is 6.13. The van der Waals surface area contributed by atoms with Crippen molar-refractivity contribution >= 4 is 28.6 Å².